The van der Waals surface area contributed by atoms with Crippen LogP contribution in [0.2, 0.25) is 0 Å². The van der Waals surface area contributed by atoms with Gasteiger partial charge in [-0.1, -0.05) is 18.2 Å². The topological polar surface area (TPSA) is 17.1 Å². The maximum atomic E-state index is 12.8. The number of aldehydes is 1. The van der Waals surface area contributed by atoms with Crippen LogP contribution in [0.1, 0.15) is 17.5 Å². The Balaban J connectivity index is 2.86. The monoisotopic (exact) mass is 178 g/mol. The summed E-state index contributed by atoms with van der Waals surface area (Å²) in [6.45, 7) is 1.90. The van der Waals surface area contributed by atoms with Crippen molar-refractivity contribution in [2.24, 2.45) is 0 Å². The minimum atomic E-state index is -0.253. The van der Waals surface area contributed by atoms with Crippen LogP contribution in [0.3, 0.4) is 0 Å². The van der Waals surface area contributed by atoms with Crippen molar-refractivity contribution in [3.05, 3.63) is 41.2 Å². The molecule has 0 fully saturated rings. The number of hydrogen-bond acceptors (Lipinski definition) is 1. The summed E-state index contributed by atoms with van der Waals surface area (Å²) in [5, 5.41) is 0. The fourth-order valence-electron chi connectivity index (χ4n) is 1.04. The summed E-state index contributed by atoms with van der Waals surface area (Å²) in [6, 6.07) is 4.60. The van der Waals surface area contributed by atoms with Gasteiger partial charge in [-0.05, 0) is 30.2 Å². The maximum Gasteiger partial charge on any atom is 0.123 e. The molecule has 0 spiro atoms. The highest BCUT2D eigenvalue weighted by molar-refractivity contribution is 5.59. The first-order valence-electron chi connectivity index (χ1n) is 4.10. The molecule has 68 valence electrons. The molecule has 1 rings (SSSR count). The second kappa shape index (κ2) is 4.55. The average molecular weight is 178 g/mol. The van der Waals surface area contributed by atoms with E-state index in [1.165, 1.54) is 12.1 Å². The van der Waals surface area contributed by atoms with Crippen molar-refractivity contribution in [2.75, 3.05) is 0 Å². The van der Waals surface area contributed by atoms with E-state index in [9.17, 15) is 9.18 Å². The summed E-state index contributed by atoms with van der Waals surface area (Å²) in [5.41, 5.74) is 1.82. The molecule has 0 radical (unpaired) electrons. The first kappa shape index (κ1) is 9.65. The summed E-state index contributed by atoms with van der Waals surface area (Å²) >= 11 is 0. The minimum Gasteiger partial charge on any atom is -0.303 e. The third-order valence-electron chi connectivity index (χ3n) is 1.77. The van der Waals surface area contributed by atoms with Crippen LogP contribution < -0.4 is 0 Å². The fourth-order valence-corrected chi connectivity index (χ4v) is 1.04. The molecule has 2 heteroatoms. The van der Waals surface area contributed by atoms with E-state index in [1.807, 2.05) is 6.92 Å². The second-order valence-electron chi connectivity index (χ2n) is 2.81. The Labute approximate surface area is 76.9 Å². The Hall–Kier alpha value is -1.44. The zero-order valence-electron chi connectivity index (χ0n) is 7.46. The van der Waals surface area contributed by atoms with Gasteiger partial charge in [-0.2, -0.15) is 0 Å². The summed E-state index contributed by atoms with van der Waals surface area (Å²) in [7, 11) is 0. The van der Waals surface area contributed by atoms with Gasteiger partial charge in [-0.15, -0.1) is 0 Å². The van der Waals surface area contributed by atoms with Crippen molar-refractivity contribution in [3.63, 3.8) is 0 Å². The smallest absolute Gasteiger partial charge is 0.123 e. The zero-order valence-corrected chi connectivity index (χ0v) is 7.46. The van der Waals surface area contributed by atoms with E-state index < -0.39 is 0 Å². The first-order chi connectivity index (χ1) is 6.24. The molecule has 0 saturated heterocycles. The van der Waals surface area contributed by atoms with E-state index in [1.54, 1.807) is 18.2 Å². The summed E-state index contributed by atoms with van der Waals surface area (Å²) in [5.74, 6) is -0.253. The molecule has 1 nitrogen and oxygen atoms in total. The summed E-state index contributed by atoms with van der Waals surface area (Å²) < 4.78 is 12.8. The highest BCUT2D eigenvalue weighted by atomic mass is 19.1. The molecule has 13 heavy (non-hydrogen) atoms. The average Bonchev–Trinajstić information content (AvgIpc) is 2.11. The highest BCUT2D eigenvalue weighted by Crippen LogP contribution is 2.11. The number of rotatable bonds is 3. The lowest BCUT2D eigenvalue weighted by Gasteiger charge is -1.98. The molecular weight excluding hydrogens is 167 g/mol. The standard InChI is InChI=1S/C11H11FO/c1-9-5-6-11(12)8-10(9)4-2-3-7-13/h2,4-8H,3H2,1H3. The van der Waals surface area contributed by atoms with Crippen molar-refractivity contribution in [3.8, 4) is 0 Å². The summed E-state index contributed by atoms with van der Waals surface area (Å²) in [4.78, 5) is 10.0. The Morgan fingerprint density at radius 3 is 2.92 bits per heavy atom. The minimum absolute atomic E-state index is 0.253. The van der Waals surface area contributed by atoms with Gasteiger partial charge < -0.3 is 4.79 Å². The third kappa shape index (κ3) is 2.82. The van der Waals surface area contributed by atoms with E-state index in [4.69, 9.17) is 0 Å². The van der Waals surface area contributed by atoms with Crippen LogP contribution >= 0.6 is 0 Å². The van der Waals surface area contributed by atoms with Crippen LogP contribution in [0.5, 0.6) is 0 Å². The number of aryl methyl sites for hydroxylation is 1. The van der Waals surface area contributed by atoms with Gasteiger partial charge in [0.2, 0.25) is 0 Å². The Morgan fingerprint density at radius 1 is 1.46 bits per heavy atom. The number of hydrogen-bond donors (Lipinski definition) is 0. The van der Waals surface area contributed by atoms with Gasteiger partial charge in [0.15, 0.2) is 0 Å². The van der Waals surface area contributed by atoms with Gasteiger partial charge in [0, 0.05) is 6.42 Å². The number of carbonyl (C=O) groups excluding carboxylic acids is 1. The van der Waals surface area contributed by atoms with Gasteiger partial charge in [0.25, 0.3) is 0 Å². The van der Waals surface area contributed by atoms with E-state index in [2.05, 4.69) is 0 Å². The van der Waals surface area contributed by atoms with Gasteiger partial charge >= 0.3 is 0 Å². The number of benzene rings is 1. The van der Waals surface area contributed by atoms with Crippen LogP contribution in [-0.4, -0.2) is 6.29 Å². The van der Waals surface area contributed by atoms with Crippen molar-refractivity contribution in [1.29, 1.82) is 0 Å². The van der Waals surface area contributed by atoms with Crippen LogP contribution in [0.15, 0.2) is 24.3 Å². The maximum absolute atomic E-state index is 12.8. The SMILES string of the molecule is Cc1ccc(F)cc1C=CCC=O. The van der Waals surface area contributed by atoms with Crippen LogP contribution in [-0.2, 0) is 4.79 Å². The summed E-state index contributed by atoms with van der Waals surface area (Å²) in [6.07, 6.45) is 4.66. The molecular formula is C11H11FO. The van der Waals surface area contributed by atoms with Crippen molar-refractivity contribution >= 4 is 12.4 Å². The van der Waals surface area contributed by atoms with Gasteiger partial charge in [0.1, 0.15) is 12.1 Å². The molecule has 0 heterocycles. The molecule has 1 aromatic carbocycles. The van der Waals surface area contributed by atoms with Crippen molar-refractivity contribution in [1.82, 2.24) is 0 Å². The van der Waals surface area contributed by atoms with Gasteiger partial charge in [0.05, 0.1) is 0 Å². The van der Waals surface area contributed by atoms with Crippen molar-refractivity contribution < 1.29 is 9.18 Å². The molecule has 0 atom stereocenters. The van der Waals surface area contributed by atoms with Gasteiger partial charge in [-0.25, -0.2) is 4.39 Å². The lowest BCUT2D eigenvalue weighted by Crippen LogP contribution is -1.82. The normalized spacial score (nSPS) is 10.6. The van der Waals surface area contributed by atoms with E-state index >= 15 is 0 Å². The molecule has 0 amide bonds. The zero-order chi connectivity index (χ0) is 9.68. The Morgan fingerprint density at radius 2 is 2.23 bits per heavy atom. The molecule has 0 aromatic heterocycles. The number of halogens is 1. The molecule has 0 unspecified atom stereocenters. The van der Waals surface area contributed by atoms with E-state index in [0.29, 0.717) is 6.42 Å². The Kier molecular flexibility index (Phi) is 3.38. The molecule has 1 aromatic rings. The van der Waals surface area contributed by atoms with E-state index in [-0.39, 0.29) is 5.82 Å². The number of carbonyl (C=O) groups is 1. The fraction of sp³-hybridized carbons (Fsp3) is 0.182. The third-order valence-corrected chi connectivity index (χ3v) is 1.77. The van der Waals surface area contributed by atoms with Crippen LogP contribution in [0.4, 0.5) is 4.39 Å². The highest BCUT2D eigenvalue weighted by Gasteiger charge is 1.95. The largest absolute Gasteiger partial charge is 0.303 e. The lowest BCUT2D eigenvalue weighted by molar-refractivity contribution is -0.107. The quantitative estimate of drug-likeness (QED) is 0.650. The predicted octanol–water partition coefficient (Wildman–Crippen LogP) is 2.74. The lowest BCUT2D eigenvalue weighted by atomic mass is 10.1. The second-order valence-corrected chi connectivity index (χ2v) is 2.81. The molecule has 0 aliphatic rings. The van der Waals surface area contributed by atoms with E-state index in [0.717, 1.165) is 17.4 Å². The Bertz CT molecular complexity index is 329. The molecule has 0 saturated carbocycles. The van der Waals surface area contributed by atoms with Gasteiger partial charge in [-0.3, -0.25) is 0 Å². The predicted molar refractivity (Wildman–Crippen MR) is 50.9 cm³/mol. The molecule has 0 bridgehead atoms. The molecule has 0 aliphatic carbocycles. The van der Waals surface area contributed by atoms with Crippen molar-refractivity contribution in [2.45, 2.75) is 13.3 Å². The molecule has 0 aliphatic heterocycles. The first-order valence-corrected chi connectivity index (χ1v) is 4.10. The number of allylic oxidation sites excluding steroid dienone is 1. The van der Waals surface area contributed by atoms with Crippen LogP contribution in [0.25, 0.3) is 6.08 Å². The van der Waals surface area contributed by atoms with Crippen LogP contribution in [0, 0.1) is 12.7 Å². The molecule has 0 N–H and O–H groups in total.